The first kappa shape index (κ1) is 13.1. The number of rotatable bonds is 4. The SMILES string of the molecule is CC(C)(N)CSCC(O)C(F)(F)F. The van der Waals surface area contributed by atoms with E-state index in [9.17, 15) is 13.2 Å². The van der Waals surface area contributed by atoms with E-state index in [1.54, 1.807) is 13.8 Å². The highest BCUT2D eigenvalue weighted by molar-refractivity contribution is 7.99. The lowest BCUT2D eigenvalue weighted by Gasteiger charge is -2.19. The second kappa shape index (κ2) is 4.52. The Labute approximate surface area is 79.7 Å². The molecule has 0 saturated heterocycles. The lowest BCUT2D eigenvalue weighted by molar-refractivity contribution is -0.195. The van der Waals surface area contributed by atoms with Crippen LogP contribution in [0, 0.1) is 0 Å². The number of thioether (sulfide) groups is 1. The molecule has 3 N–H and O–H groups in total. The maximum absolute atomic E-state index is 11.8. The zero-order chi connectivity index (χ0) is 10.7. The third kappa shape index (κ3) is 7.16. The molecule has 1 atom stereocenters. The van der Waals surface area contributed by atoms with E-state index in [1.807, 2.05) is 0 Å². The monoisotopic (exact) mass is 217 g/mol. The molecule has 0 aromatic carbocycles. The highest BCUT2D eigenvalue weighted by Crippen LogP contribution is 2.23. The lowest BCUT2D eigenvalue weighted by atomic mass is 10.1. The van der Waals surface area contributed by atoms with Crippen LogP contribution in [-0.2, 0) is 0 Å². The minimum atomic E-state index is -4.52. The van der Waals surface area contributed by atoms with Crippen LogP contribution < -0.4 is 5.73 Å². The molecule has 0 aliphatic heterocycles. The van der Waals surface area contributed by atoms with E-state index in [-0.39, 0.29) is 5.75 Å². The van der Waals surface area contributed by atoms with Crippen LogP contribution in [0.15, 0.2) is 0 Å². The topological polar surface area (TPSA) is 46.2 Å². The van der Waals surface area contributed by atoms with E-state index >= 15 is 0 Å². The average molecular weight is 217 g/mol. The van der Waals surface area contributed by atoms with E-state index in [0.29, 0.717) is 5.75 Å². The molecule has 80 valence electrons. The summed E-state index contributed by atoms with van der Waals surface area (Å²) in [5.41, 5.74) is 5.04. The highest BCUT2D eigenvalue weighted by Gasteiger charge is 2.37. The molecule has 0 heterocycles. The summed E-state index contributed by atoms with van der Waals surface area (Å²) in [6.07, 6.45) is -6.77. The van der Waals surface area contributed by atoms with Gasteiger partial charge in [-0.05, 0) is 13.8 Å². The predicted molar refractivity (Wildman–Crippen MR) is 47.7 cm³/mol. The summed E-state index contributed by atoms with van der Waals surface area (Å²) in [6, 6.07) is 0. The first-order valence-electron chi connectivity index (χ1n) is 3.74. The molecule has 6 heteroatoms. The van der Waals surface area contributed by atoms with Crippen LogP contribution in [0.2, 0.25) is 0 Å². The number of hydrogen-bond donors (Lipinski definition) is 2. The van der Waals surface area contributed by atoms with Crippen molar-refractivity contribution in [2.24, 2.45) is 5.73 Å². The summed E-state index contributed by atoms with van der Waals surface area (Å²) in [5, 5.41) is 8.60. The summed E-state index contributed by atoms with van der Waals surface area (Å²) in [6.45, 7) is 3.44. The van der Waals surface area contributed by atoms with Gasteiger partial charge in [-0.3, -0.25) is 0 Å². The first-order chi connectivity index (χ1) is 5.63. The predicted octanol–water partition coefficient (Wildman–Crippen LogP) is 1.38. The largest absolute Gasteiger partial charge is 0.415 e. The zero-order valence-corrected chi connectivity index (χ0v) is 8.37. The van der Waals surface area contributed by atoms with Gasteiger partial charge in [-0.15, -0.1) is 0 Å². The van der Waals surface area contributed by atoms with Gasteiger partial charge in [0, 0.05) is 17.0 Å². The van der Waals surface area contributed by atoms with Crippen molar-refractivity contribution >= 4 is 11.8 Å². The molecule has 0 fully saturated rings. The summed E-state index contributed by atoms with van der Waals surface area (Å²) >= 11 is 1.00. The van der Waals surface area contributed by atoms with E-state index in [1.165, 1.54) is 0 Å². The maximum Gasteiger partial charge on any atom is 0.415 e. The maximum atomic E-state index is 11.8. The zero-order valence-electron chi connectivity index (χ0n) is 7.56. The number of aliphatic hydroxyl groups excluding tert-OH is 1. The molecule has 0 bridgehead atoms. The molecule has 2 nitrogen and oxygen atoms in total. The van der Waals surface area contributed by atoms with Crippen molar-refractivity contribution in [3.63, 3.8) is 0 Å². The quantitative estimate of drug-likeness (QED) is 0.747. The Morgan fingerprint density at radius 2 is 1.85 bits per heavy atom. The molecular formula is C7H14F3NOS. The van der Waals surface area contributed by atoms with Crippen molar-refractivity contribution in [1.82, 2.24) is 0 Å². The number of aliphatic hydroxyl groups is 1. The number of nitrogens with two attached hydrogens (primary N) is 1. The normalized spacial score (nSPS) is 15.9. The Bertz CT molecular complexity index is 155. The lowest BCUT2D eigenvalue weighted by Crippen LogP contribution is -2.36. The van der Waals surface area contributed by atoms with Gasteiger partial charge in [0.15, 0.2) is 6.10 Å². The molecule has 0 spiro atoms. The number of alkyl halides is 3. The fourth-order valence-electron chi connectivity index (χ4n) is 0.528. The Morgan fingerprint density at radius 3 is 2.15 bits per heavy atom. The van der Waals surface area contributed by atoms with E-state index in [0.717, 1.165) is 11.8 Å². The van der Waals surface area contributed by atoms with Gasteiger partial charge in [0.2, 0.25) is 0 Å². The number of halogens is 3. The standard InChI is InChI=1S/C7H14F3NOS/c1-6(2,11)4-13-3-5(12)7(8,9)10/h5,12H,3-4,11H2,1-2H3. The van der Waals surface area contributed by atoms with Crippen molar-refractivity contribution in [2.45, 2.75) is 31.7 Å². The minimum absolute atomic E-state index is 0.357. The molecule has 1 unspecified atom stereocenters. The van der Waals surface area contributed by atoms with Crippen LogP contribution in [0.25, 0.3) is 0 Å². The fourth-order valence-corrected chi connectivity index (χ4v) is 1.58. The molecule has 0 rings (SSSR count). The van der Waals surface area contributed by atoms with Crippen LogP contribution in [0.5, 0.6) is 0 Å². The van der Waals surface area contributed by atoms with Crippen LogP contribution in [0.3, 0.4) is 0 Å². The third-order valence-electron chi connectivity index (χ3n) is 1.13. The van der Waals surface area contributed by atoms with E-state index < -0.39 is 17.8 Å². The average Bonchev–Trinajstić information content (AvgIpc) is 1.82. The molecule has 0 saturated carbocycles. The molecule has 0 aromatic heterocycles. The van der Waals surface area contributed by atoms with Crippen molar-refractivity contribution in [3.8, 4) is 0 Å². The van der Waals surface area contributed by atoms with Gasteiger partial charge in [0.05, 0.1) is 0 Å². The Hall–Kier alpha value is 0.0600. The molecule has 13 heavy (non-hydrogen) atoms. The van der Waals surface area contributed by atoms with Gasteiger partial charge in [0.1, 0.15) is 0 Å². The Balaban J connectivity index is 3.67. The Kier molecular flexibility index (Phi) is 4.54. The molecular weight excluding hydrogens is 203 g/mol. The van der Waals surface area contributed by atoms with Crippen molar-refractivity contribution < 1.29 is 18.3 Å². The molecule has 0 aliphatic rings. The highest BCUT2D eigenvalue weighted by atomic mass is 32.2. The van der Waals surface area contributed by atoms with Crippen LogP contribution >= 0.6 is 11.8 Å². The number of hydrogen-bond acceptors (Lipinski definition) is 3. The first-order valence-corrected chi connectivity index (χ1v) is 4.90. The smallest absolute Gasteiger partial charge is 0.383 e. The summed E-state index contributed by atoms with van der Waals surface area (Å²) in [5.74, 6) is 0.0320. The summed E-state index contributed by atoms with van der Waals surface area (Å²) in [4.78, 5) is 0. The molecule has 0 radical (unpaired) electrons. The van der Waals surface area contributed by atoms with Gasteiger partial charge in [-0.2, -0.15) is 24.9 Å². The van der Waals surface area contributed by atoms with Gasteiger partial charge in [-0.1, -0.05) is 0 Å². The summed E-state index contributed by atoms with van der Waals surface area (Å²) < 4.78 is 35.3. The van der Waals surface area contributed by atoms with Crippen molar-refractivity contribution in [3.05, 3.63) is 0 Å². The van der Waals surface area contributed by atoms with Crippen LogP contribution in [0.1, 0.15) is 13.8 Å². The molecule has 0 amide bonds. The van der Waals surface area contributed by atoms with Gasteiger partial charge in [0.25, 0.3) is 0 Å². The van der Waals surface area contributed by atoms with Crippen LogP contribution in [0.4, 0.5) is 13.2 Å². The van der Waals surface area contributed by atoms with Gasteiger partial charge < -0.3 is 10.8 Å². The second-order valence-corrected chi connectivity index (χ2v) is 4.59. The molecule has 0 aromatic rings. The second-order valence-electron chi connectivity index (χ2n) is 3.56. The van der Waals surface area contributed by atoms with Gasteiger partial charge >= 0.3 is 6.18 Å². The fraction of sp³-hybridized carbons (Fsp3) is 1.00. The Morgan fingerprint density at radius 1 is 1.38 bits per heavy atom. The van der Waals surface area contributed by atoms with Crippen molar-refractivity contribution in [2.75, 3.05) is 11.5 Å². The minimum Gasteiger partial charge on any atom is -0.383 e. The van der Waals surface area contributed by atoms with Crippen LogP contribution in [-0.4, -0.2) is 34.4 Å². The van der Waals surface area contributed by atoms with E-state index in [4.69, 9.17) is 10.8 Å². The van der Waals surface area contributed by atoms with Crippen molar-refractivity contribution in [1.29, 1.82) is 0 Å². The summed E-state index contributed by atoms with van der Waals surface area (Å²) in [7, 11) is 0. The third-order valence-corrected chi connectivity index (χ3v) is 2.63. The van der Waals surface area contributed by atoms with E-state index in [2.05, 4.69) is 0 Å². The van der Waals surface area contributed by atoms with Gasteiger partial charge in [-0.25, -0.2) is 0 Å². The molecule has 0 aliphatic carbocycles.